The molecule has 0 heterocycles. The van der Waals surface area contributed by atoms with Crippen LogP contribution < -0.4 is 11.1 Å². The van der Waals surface area contributed by atoms with Gasteiger partial charge in [-0.1, -0.05) is 36.8 Å². The Bertz CT molecular complexity index is 493. The van der Waals surface area contributed by atoms with Crippen molar-refractivity contribution in [3.63, 3.8) is 0 Å². The highest BCUT2D eigenvalue weighted by atomic mass is 35.5. The number of carbonyl (C=O) groups is 1. The van der Waals surface area contributed by atoms with Crippen molar-refractivity contribution in [3.05, 3.63) is 35.9 Å². The van der Waals surface area contributed by atoms with E-state index in [4.69, 9.17) is 5.73 Å². The van der Waals surface area contributed by atoms with Gasteiger partial charge in [0, 0.05) is 12.6 Å². The molecule has 2 bridgehead atoms. The number of carbonyl (C=O) groups excluding carboxylic acids is 1. The highest BCUT2D eigenvalue weighted by Gasteiger charge is 2.42. The van der Waals surface area contributed by atoms with Crippen LogP contribution in [-0.4, -0.2) is 18.5 Å². The van der Waals surface area contributed by atoms with Crippen molar-refractivity contribution in [2.75, 3.05) is 6.54 Å². The largest absolute Gasteiger partial charge is 0.353 e. The zero-order valence-electron chi connectivity index (χ0n) is 13.2. The molecule has 2 fully saturated rings. The van der Waals surface area contributed by atoms with Gasteiger partial charge in [0.1, 0.15) is 0 Å². The van der Waals surface area contributed by atoms with Gasteiger partial charge in [-0.3, -0.25) is 4.79 Å². The van der Waals surface area contributed by atoms with E-state index in [2.05, 4.69) is 12.2 Å². The molecule has 22 heavy (non-hydrogen) atoms. The summed E-state index contributed by atoms with van der Waals surface area (Å²) in [6.45, 7) is 2.53. The lowest BCUT2D eigenvalue weighted by molar-refractivity contribution is -0.123. The number of hydrogen-bond acceptors (Lipinski definition) is 2. The molecule has 2 aliphatic rings. The average Bonchev–Trinajstić information content (AvgIpc) is 3.12. The average molecular weight is 323 g/mol. The van der Waals surface area contributed by atoms with Gasteiger partial charge in [0.15, 0.2) is 0 Å². The smallest absolute Gasteiger partial charge is 0.229 e. The maximum Gasteiger partial charge on any atom is 0.229 e. The molecular weight excluding hydrogens is 296 g/mol. The van der Waals surface area contributed by atoms with Crippen molar-refractivity contribution in [1.29, 1.82) is 0 Å². The standard InChI is InChI=1S/C18H26N2O.ClH/c1-12(16-10-13-7-8-15(16)9-13)20-18(21)17(11-19)14-5-3-2-4-6-14;/h2-6,12-13,15-17H,7-11,19H2,1H3,(H,20,21);1H. The molecule has 3 rings (SSSR count). The SMILES string of the molecule is CC(NC(=O)C(CN)c1ccccc1)C1CC2CCC1C2.Cl. The molecule has 122 valence electrons. The molecular formula is C18H27ClN2O. The van der Waals surface area contributed by atoms with E-state index in [0.717, 1.165) is 17.4 Å². The van der Waals surface area contributed by atoms with Crippen molar-refractivity contribution in [2.24, 2.45) is 23.5 Å². The Hall–Kier alpha value is -1.06. The number of hydrogen-bond donors (Lipinski definition) is 2. The summed E-state index contributed by atoms with van der Waals surface area (Å²) >= 11 is 0. The first-order valence-corrected chi connectivity index (χ1v) is 8.24. The third-order valence-electron chi connectivity index (χ3n) is 5.56. The van der Waals surface area contributed by atoms with Crippen LogP contribution in [0.5, 0.6) is 0 Å². The lowest BCUT2D eigenvalue weighted by atomic mass is 9.83. The van der Waals surface area contributed by atoms with Crippen LogP contribution in [0, 0.1) is 17.8 Å². The van der Waals surface area contributed by atoms with Crippen LogP contribution in [0.15, 0.2) is 30.3 Å². The molecule has 0 saturated heterocycles. The van der Waals surface area contributed by atoms with Gasteiger partial charge in [-0.15, -0.1) is 12.4 Å². The number of nitrogens with one attached hydrogen (secondary N) is 1. The number of rotatable bonds is 5. The van der Waals surface area contributed by atoms with Gasteiger partial charge < -0.3 is 11.1 Å². The summed E-state index contributed by atoms with van der Waals surface area (Å²) in [5.41, 5.74) is 6.85. The first-order valence-electron chi connectivity index (χ1n) is 8.24. The van der Waals surface area contributed by atoms with Crippen LogP contribution in [0.2, 0.25) is 0 Å². The van der Waals surface area contributed by atoms with Gasteiger partial charge in [-0.2, -0.15) is 0 Å². The van der Waals surface area contributed by atoms with Gasteiger partial charge in [0.2, 0.25) is 5.91 Å². The van der Waals surface area contributed by atoms with E-state index < -0.39 is 0 Å². The van der Waals surface area contributed by atoms with Crippen LogP contribution in [-0.2, 0) is 4.79 Å². The lowest BCUT2D eigenvalue weighted by Crippen LogP contribution is -2.43. The van der Waals surface area contributed by atoms with E-state index in [9.17, 15) is 4.79 Å². The number of nitrogens with two attached hydrogens (primary N) is 1. The quantitative estimate of drug-likeness (QED) is 0.875. The van der Waals surface area contributed by atoms with E-state index in [1.165, 1.54) is 25.7 Å². The van der Waals surface area contributed by atoms with Crippen LogP contribution in [0.1, 0.15) is 44.1 Å². The Kier molecular flexibility index (Phi) is 5.87. The van der Waals surface area contributed by atoms with E-state index >= 15 is 0 Å². The minimum atomic E-state index is -0.229. The Balaban J connectivity index is 0.00000176. The van der Waals surface area contributed by atoms with Crippen molar-refractivity contribution >= 4 is 18.3 Å². The molecule has 0 radical (unpaired) electrons. The summed E-state index contributed by atoms with van der Waals surface area (Å²) < 4.78 is 0. The molecule has 3 nitrogen and oxygen atoms in total. The van der Waals surface area contributed by atoms with E-state index in [0.29, 0.717) is 12.5 Å². The van der Waals surface area contributed by atoms with Crippen LogP contribution in [0.25, 0.3) is 0 Å². The van der Waals surface area contributed by atoms with Crippen molar-refractivity contribution in [3.8, 4) is 0 Å². The summed E-state index contributed by atoms with van der Waals surface area (Å²) in [5.74, 6) is 2.27. The molecule has 1 aromatic carbocycles. The minimum absolute atomic E-state index is 0. The van der Waals surface area contributed by atoms with Gasteiger partial charge in [0.05, 0.1) is 5.92 Å². The van der Waals surface area contributed by atoms with Gasteiger partial charge in [-0.05, 0) is 49.5 Å². The molecule has 4 heteroatoms. The number of benzene rings is 1. The normalized spacial score (nSPS) is 28.7. The molecule has 3 N–H and O–H groups in total. The molecule has 0 aliphatic heterocycles. The van der Waals surface area contributed by atoms with Crippen LogP contribution in [0.3, 0.4) is 0 Å². The maximum absolute atomic E-state index is 12.6. The van der Waals surface area contributed by atoms with Crippen LogP contribution >= 0.6 is 12.4 Å². The Morgan fingerprint density at radius 1 is 1.27 bits per heavy atom. The van der Waals surface area contributed by atoms with Crippen molar-refractivity contribution < 1.29 is 4.79 Å². The van der Waals surface area contributed by atoms with Gasteiger partial charge in [0.25, 0.3) is 0 Å². The summed E-state index contributed by atoms with van der Waals surface area (Å²) in [7, 11) is 0. The van der Waals surface area contributed by atoms with E-state index in [1.54, 1.807) is 0 Å². The molecule has 2 aliphatic carbocycles. The second kappa shape index (κ2) is 7.47. The Morgan fingerprint density at radius 2 is 2.00 bits per heavy atom. The summed E-state index contributed by atoms with van der Waals surface area (Å²) in [4.78, 5) is 12.6. The molecule has 0 aromatic heterocycles. The Labute approximate surface area is 139 Å². The topological polar surface area (TPSA) is 55.1 Å². The third-order valence-corrected chi connectivity index (χ3v) is 5.56. The van der Waals surface area contributed by atoms with Crippen LogP contribution in [0.4, 0.5) is 0 Å². The molecule has 5 unspecified atom stereocenters. The third kappa shape index (κ3) is 3.47. The summed E-state index contributed by atoms with van der Waals surface area (Å²) in [5, 5.41) is 3.24. The first kappa shape index (κ1) is 17.3. The fourth-order valence-corrected chi connectivity index (χ4v) is 4.42. The van der Waals surface area contributed by atoms with E-state index in [1.807, 2.05) is 30.3 Å². The monoisotopic (exact) mass is 322 g/mol. The fraction of sp³-hybridized carbons (Fsp3) is 0.611. The number of amides is 1. The second-order valence-electron chi connectivity index (χ2n) is 6.83. The molecule has 0 spiro atoms. The molecule has 1 amide bonds. The summed E-state index contributed by atoms with van der Waals surface area (Å²) in [6.07, 6.45) is 5.43. The number of fused-ring (bicyclic) bond motifs is 2. The minimum Gasteiger partial charge on any atom is -0.353 e. The van der Waals surface area contributed by atoms with E-state index in [-0.39, 0.29) is 30.3 Å². The Morgan fingerprint density at radius 3 is 2.55 bits per heavy atom. The zero-order chi connectivity index (χ0) is 14.8. The molecule has 5 atom stereocenters. The lowest BCUT2D eigenvalue weighted by Gasteiger charge is -2.29. The van der Waals surface area contributed by atoms with Crippen molar-refractivity contribution in [2.45, 2.75) is 44.6 Å². The molecule has 2 saturated carbocycles. The highest BCUT2D eigenvalue weighted by Crippen LogP contribution is 2.49. The molecule has 1 aromatic rings. The van der Waals surface area contributed by atoms with Gasteiger partial charge >= 0.3 is 0 Å². The van der Waals surface area contributed by atoms with Gasteiger partial charge in [-0.25, -0.2) is 0 Å². The predicted molar refractivity (Wildman–Crippen MR) is 92.0 cm³/mol. The zero-order valence-corrected chi connectivity index (χ0v) is 14.0. The summed E-state index contributed by atoms with van der Waals surface area (Å²) in [6, 6.07) is 10.1. The highest BCUT2D eigenvalue weighted by molar-refractivity contribution is 5.85. The fourth-order valence-electron chi connectivity index (χ4n) is 4.42. The maximum atomic E-state index is 12.6. The van der Waals surface area contributed by atoms with Crippen molar-refractivity contribution in [1.82, 2.24) is 5.32 Å². The predicted octanol–water partition coefficient (Wildman–Crippen LogP) is 3.09. The second-order valence-corrected chi connectivity index (χ2v) is 6.83. The first-order chi connectivity index (χ1) is 10.2. The number of halogens is 1.